The molecule has 3 amide bonds. The number of hydrogen-bond acceptors (Lipinski definition) is 22. The standard InChI is InChI=1S/C23H29N7O2.C23H27N7O.C14H22N4O.C8H9N3.C4H9O.C4H10O.CO2.K/c1-5-16-13-28(4)8-9-29(16)17-6-7-19(18(10-17)22(24)31)26-23(32)20-11-21-15(3)25-14(2)12-30(21)27-20;1-5-16-13-28(4)8-9-29(16)17-6-7-19-18(10-17)23(31)26-22(25-19)20-11-21-15(3)24-14(2)12-30(21)27-20;1-3-10-9-17(2)6-7-18(10)11-4-5-13(15)12(8-11)14(16)19;1-6-5-11-8(3-4-9-11)7(2)10-6;1-4(2,3)5;1-2-3-4-5;2-1-3;/h6-7,10-12,16H,5,8-9,13H2,1-4H3,(H2,24,31)(H,26,32);6-7,10-12,16H,5,8-9,13H2,1-4H3,(H,25,26,31);4-5,8,10H,3,6-7,9,15H2,1-2H3,(H2,16,19);3-5H,1-2H3;1-3H3;5H,2-4H2,1H3;;/q;;;;-1;;;+1/t2*16-;10-;;;;;/m000...../s1. The zero-order chi connectivity index (χ0) is 77.9. The van der Waals surface area contributed by atoms with Crippen molar-refractivity contribution < 1.29 is 85.6 Å². The van der Waals surface area contributed by atoms with E-state index < -0.39 is 23.3 Å². The van der Waals surface area contributed by atoms with Gasteiger partial charge in [-0.15, -0.1) is 5.60 Å². The van der Waals surface area contributed by atoms with Crippen molar-refractivity contribution in [3.05, 3.63) is 159 Å². The molecular weight excluding hydrogens is 1390 g/mol. The molecule has 0 bridgehead atoms. The van der Waals surface area contributed by atoms with E-state index in [2.05, 4.69) is 125 Å². The van der Waals surface area contributed by atoms with E-state index in [4.69, 9.17) is 36.9 Å². The van der Waals surface area contributed by atoms with Gasteiger partial charge in [-0.3, -0.25) is 34.1 Å². The molecule has 10 aromatic rings. The Balaban J connectivity index is 0.000000220. The van der Waals surface area contributed by atoms with E-state index in [1.165, 1.54) is 0 Å². The topological polar surface area (TPSA) is 374 Å². The molecule has 13 rings (SSSR count). The molecule has 3 aromatic carbocycles. The summed E-state index contributed by atoms with van der Waals surface area (Å²) in [5.41, 5.74) is 30.2. The number of carbonyl (C=O) groups is 3. The summed E-state index contributed by atoms with van der Waals surface area (Å²) in [4.78, 5) is 101. The molecule has 3 aliphatic rings. The number of nitrogens with two attached hydrogens (primary N) is 3. The number of aliphatic hydroxyl groups is 1. The maximum absolute atomic E-state index is 13.0. The summed E-state index contributed by atoms with van der Waals surface area (Å²) >= 11 is 0. The second-order valence-electron chi connectivity index (χ2n) is 27.9. The summed E-state index contributed by atoms with van der Waals surface area (Å²) < 4.78 is 5.28. The Bertz CT molecular complexity index is 4730. The molecule has 3 aliphatic heterocycles. The van der Waals surface area contributed by atoms with Crippen LogP contribution in [0.5, 0.6) is 0 Å². The van der Waals surface area contributed by atoms with Gasteiger partial charge in [-0.05, 0) is 161 Å². The van der Waals surface area contributed by atoms with Crippen LogP contribution < -0.4 is 99.3 Å². The van der Waals surface area contributed by atoms with E-state index >= 15 is 0 Å². The molecule has 30 heteroatoms. The fourth-order valence-corrected chi connectivity index (χ4v) is 12.9. The molecule has 0 radical (unpaired) electrons. The average Bonchev–Trinajstić information content (AvgIpc) is 1.76. The van der Waals surface area contributed by atoms with Crippen molar-refractivity contribution in [2.24, 2.45) is 11.5 Å². The number of fused-ring (bicyclic) bond motifs is 4. The van der Waals surface area contributed by atoms with Crippen molar-refractivity contribution in [3.8, 4) is 11.5 Å². The first-order chi connectivity index (χ1) is 50.3. The number of carbonyl (C=O) groups excluding carboxylic acids is 5. The Labute approximate surface area is 668 Å². The van der Waals surface area contributed by atoms with E-state index in [-0.39, 0.29) is 74.4 Å². The number of hydrogen-bond donors (Lipinski definition) is 6. The zero-order valence-corrected chi connectivity index (χ0v) is 68.4. The number of aliphatic hydroxyl groups excluding tert-OH is 1. The third-order valence-corrected chi connectivity index (χ3v) is 18.2. The minimum absolute atomic E-state index is 0. The van der Waals surface area contributed by atoms with Crippen molar-refractivity contribution in [1.82, 2.24) is 68.5 Å². The Morgan fingerprint density at radius 2 is 1.05 bits per heavy atom. The van der Waals surface area contributed by atoms with Gasteiger partial charge in [0, 0.05) is 106 Å². The van der Waals surface area contributed by atoms with Gasteiger partial charge in [-0.25, -0.2) is 18.5 Å². The summed E-state index contributed by atoms with van der Waals surface area (Å²) in [7, 11) is 6.41. The van der Waals surface area contributed by atoms with Gasteiger partial charge in [0.15, 0.2) is 11.5 Å². The zero-order valence-electron chi connectivity index (χ0n) is 65.3. The molecule has 3 atom stereocenters. The van der Waals surface area contributed by atoms with Crippen LogP contribution in [0, 0.1) is 41.5 Å². The quantitative estimate of drug-likeness (QED) is 0.0678. The molecular formula is C77H106KN21O8. The van der Waals surface area contributed by atoms with Crippen LogP contribution in [0.3, 0.4) is 0 Å². The molecule has 9 N–H and O–H groups in total. The number of aromatic nitrogens is 11. The molecule has 10 heterocycles. The fourth-order valence-electron chi connectivity index (χ4n) is 12.9. The van der Waals surface area contributed by atoms with Gasteiger partial charge in [0.2, 0.25) is 0 Å². The van der Waals surface area contributed by atoms with Crippen LogP contribution in [0.15, 0.2) is 102 Å². The molecule has 7 aromatic heterocycles. The number of H-pyrrole nitrogens is 1. The van der Waals surface area contributed by atoms with Crippen LogP contribution in [-0.2, 0) is 9.59 Å². The van der Waals surface area contributed by atoms with Gasteiger partial charge in [-0.2, -0.15) is 24.9 Å². The minimum Gasteiger partial charge on any atom is -0.850 e. The minimum atomic E-state index is -0.750. The number of aromatic amines is 1. The third-order valence-electron chi connectivity index (χ3n) is 18.2. The number of piperazine rings is 3. The predicted octanol–water partition coefficient (Wildman–Crippen LogP) is 4.60. The molecule has 3 fully saturated rings. The Kier molecular flexibility index (Phi) is 32.8. The number of likely N-dealkylation sites (N-methyl/N-ethyl adjacent to an activating group) is 3. The van der Waals surface area contributed by atoms with Crippen LogP contribution >= 0.6 is 0 Å². The normalized spacial score (nSPS) is 16.0. The van der Waals surface area contributed by atoms with Gasteiger partial charge in [0.05, 0.1) is 103 Å². The molecule has 107 heavy (non-hydrogen) atoms. The van der Waals surface area contributed by atoms with E-state index in [9.17, 15) is 24.3 Å². The Hall–Kier alpha value is -8.91. The van der Waals surface area contributed by atoms with E-state index in [0.29, 0.717) is 64.1 Å². The molecule has 0 aliphatic carbocycles. The van der Waals surface area contributed by atoms with Crippen LogP contribution in [0.4, 0.5) is 28.4 Å². The monoisotopic (exact) mass is 1490 g/mol. The van der Waals surface area contributed by atoms with Crippen LogP contribution in [0.25, 0.3) is 39.0 Å². The number of nitrogens with one attached hydrogen (secondary N) is 2. The van der Waals surface area contributed by atoms with Gasteiger partial charge in [-0.1, -0.05) is 54.9 Å². The van der Waals surface area contributed by atoms with E-state index in [0.717, 1.165) is 159 Å². The number of amides is 3. The largest absolute Gasteiger partial charge is 1.00 e. The van der Waals surface area contributed by atoms with Gasteiger partial charge >= 0.3 is 57.5 Å². The second kappa shape index (κ2) is 40.3. The van der Waals surface area contributed by atoms with E-state index in [1.807, 2.05) is 101 Å². The van der Waals surface area contributed by atoms with Crippen molar-refractivity contribution in [3.63, 3.8) is 0 Å². The van der Waals surface area contributed by atoms with Crippen LogP contribution in [0.2, 0.25) is 0 Å². The molecule has 0 spiro atoms. The van der Waals surface area contributed by atoms with Crippen molar-refractivity contribution in [2.75, 3.05) is 112 Å². The first kappa shape index (κ1) is 87.0. The fraction of sp³-hybridized carbons (Fsp3) is 0.455. The summed E-state index contributed by atoms with van der Waals surface area (Å²) in [5.74, 6) is -0.999. The van der Waals surface area contributed by atoms with E-state index in [1.54, 1.807) is 66.5 Å². The number of anilines is 5. The number of primary amides is 2. The predicted molar refractivity (Wildman–Crippen MR) is 415 cm³/mol. The number of rotatable bonds is 13. The summed E-state index contributed by atoms with van der Waals surface area (Å²) in [6.45, 7) is 34.2. The Morgan fingerprint density at radius 3 is 1.51 bits per heavy atom. The number of nitrogen functional groups attached to an aromatic ring is 1. The van der Waals surface area contributed by atoms with Gasteiger partial charge in [0.1, 0.15) is 5.69 Å². The molecule has 29 nitrogen and oxygen atoms in total. The molecule has 568 valence electrons. The number of unbranched alkanes of at least 4 members (excludes halogenated alkanes) is 1. The molecule has 3 saturated heterocycles. The SMILES string of the molecule is CC(C)(C)[O-].CCCCO.CC[C@H]1CN(C)CCN1c1ccc(N)c(C(N)=O)c1.CC[C@H]1CN(C)CCN1c1ccc(NC(=O)c2cc3c(C)nc(C)cn3n2)c(C(N)=O)c1.CC[C@H]1CN(C)CCN1c1ccc2nc(-c3cc4c(C)nc(C)cn4n3)[nH]c(=O)c2c1.Cc1cn2nccc2c(C)n1.O=C=O.[K+]. The van der Waals surface area contributed by atoms with Crippen molar-refractivity contribution in [1.29, 1.82) is 0 Å². The summed E-state index contributed by atoms with van der Waals surface area (Å²) in [5, 5.41) is 34.7. The number of benzene rings is 3. The summed E-state index contributed by atoms with van der Waals surface area (Å²) in [6.07, 6.45) is 12.8. The smallest absolute Gasteiger partial charge is 0.850 e. The second-order valence-corrected chi connectivity index (χ2v) is 27.9. The Morgan fingerprint density at radius 1 is 0.607 bits per heavy atom. The van der Waals surface area contributed by atoms with Crippen LogP contribution in [-0.4, -0.2) is 208 Å². The maximum Gasteiger partial charge on any atom is 1.00 e. The average molecular weight is 1490 g/mol. The van der Waals surface area contributed by atoms with Crippen molar-refractivity contribution in [2.45, 2.75) is 146 Å². The number of nitrogens with zero attached hydrogens (tertiary/aromatic N) is 16. The van der Waals surface area contributed by atoms with Gasteiger partial charge < -0.3 is 67.1 Å². The first-order valence-corrected chi connectivity index (χ1v) is 35.9. The third kappa shape index (κ3) is 24.0. The van der Waals surface area contributed by atoms with Gasteiger partial charge in [0.25, 0.3) is 23.3 Å². The molecule has 0 unspecified atom stereocenters. The summed E-state index contributed by atoms with van der Waals surface area (Å²) in [6, 6.07) is 23.8. The first-order valence-electron chi connectivity index (χ1n) is 35.9. The maximum atomic E-state index is 13.0. The molecule has 0 saturated carbocycles. The number of aryl methyl sites for hydroxylation is 6. The van der Waals surface area contributed by atoms with Crippen LogP contribution in [0.1, 0.15) is 146 Å². The van der Waals surface area contributed by atoms with Crippen molar-refractivity contribution >= 4 is 79.8 Å².